The van der Waals surface area contributed by atoms with E-state index in [0.717, 1.165) is 5.69 Å². The fourth-order valence-electron chi connectivity index (χ4n) is 1.69. The van der Waals surface area contributed by atoms with Crippen molar-refractivity contribution in [2.45, 2.75) is 26.6 Å². The first kappa shape index (κ1) is 14.8. The molecule has 1 aromatic carbocycles. The van der Waals surface area contributed by atoms with Gasteiger partial charge >= 0.3 is 11.9 Å². The van der Waals surface area contributed by atoms with Crippen LogP contribution in [0.4, 0.5) is 5.69 Å². The lowest BCUT2D eigenvalue weighted by Crippen LogP contribution is -2.42. The van der Waals surface area contributed by atoms with Crippen molar-refractivity contribution >= 4 is 23.3 Å². The zero-order valence-corrected chi connectivity index (χ0v) is 12.0. The molecule has 0 atom stereocenters. The number of rotatable bonds is 3. The van der Waals surface area contributed by atoms with Crippen LogP contribution in [0.2, 0.25) is 0 Å². The number of carbonyl (C=O) groups is 2. The number of ether oxygens (including phenoxy) is 2. The molecule has 1 aliphatic heterocycles. The van der Waals surface area contributed by atoms with Crippen molar-refractivity contribution in [2.24, 2.45) is 5.10 Å². The molecule has 1 aliphatic rings. The molecular formula is C15H16N2O4. The number of cyclic esters (lactones) is 2. The summed E-state index contributed by atoms with van der Waals surface area (Å²) in [7, 11) is 0. The molecule has 0 saturated carbocycles. The van der Waals surface area contributed by atoms with E-state index in [4.69, 9.17) is 9.47 Å². The fourth-order valence-corrected chi connectivity index (χ4v) is 1.69. The van der Waals surface area contributed by atoms with E-state index in [1.54, 1.807) is 6.92 Å². The number of allylic oxidation sites excluding steroid dienone is 1. The molecule has 1 saturated heterocycles. The maximum Gasteiger partial charge on any atom is 0.348 e. The Morgan fingerprint density at radius 3 is 2.29 bits per heavy atom. The zero-order chi connectivity index (χ0) is 15.5. The number of hydrogen-bond donors (Lipinski definition) is 1. The first-order chi connectivity index (χ1) is 9.87. The van der Waals surface area contributed by atoms with Crippen molar-refractivity contribution in [2.75, 3.05) is 5.43 Å². The Bertz CT molecular complexity index is 596. The summed E-state index contributed by atoms with van der Waals surface area (Å²) < 4.78 is 9.99. The number of benzene rings is 1. The second-order valence-electron chi connectivity index (χ2n) is 4.97. The Labute approximate surface area is 122 Å². The highest BCUT2D eigenvalue weighted by Crippen LogP contribution is 2.22. The summed E-state index contributed by atoms with van der Waals surface area (Å²) in [5, 5.41) is 4.07. The SMILES string of the molecule is C/C(C=C1C(=O)OC(C)(C)OC1=O)=N\Nc1ccccc1. The number of anilines is 1. The predicted molar refractivity (Wildman–Crippen MR) is 77.5 cm³/mol. The largest absolute Gasteiger partial charge is 0.419 e. The van der Waals surface area contributed by atoms with Crippen molar-refractivity contribution < 1.29 is 19.1 Å². The summed E-state index contributed by atoms with van der Waals surface area (Å²) >= 11 is 0. The van der Waals surface area contributed by atoms with Gasteiger partial charge in [0, 0.05) is 13.8 Å². The van der Waals surface area contributed by atoms with Gasteiger partial charge in [0.05, 0.1) is 11.4 Å². The van der Waals surface area contributed by atoms with Crippen LogP contribution in [0.25, 0.3) is 0 Å². The number of carbonyl (C=O) groups excluding carboxylic acids is 2. The zero-order valence-electron chi connectivity index (χ0n) is 12.0. The average Bonchev–Trinajstić information content (AvgIpc) is 2.41. The third-order valence-electron chi connectivity index (χ3n) is 2.61. The molecule has 6 nitrogen and oxygen atoms in total. The van der Waals surface area contributed by atoms with Crippen molar-refractivity contribution in [1.29, 1.82) is 0 Å². The number of hydrogen-bond acceptors (Lipinski definition) is 6. The van der Waals surface area contributed by atoms with Crippen molar-refractivity contribution in [1.82, 2.24) is 0 Å². The lowest BCUT2D eigenvalue weighted by atomic mass is 10.2. The highest BCUT2D eigenvalue weighted by Gasteiger charge is 2.38. The fraction of sp³-hybridized carbons (Fsp3) is 0.267. The number of nitrogens with one attached hydrogen (secondary N) is 1. The number of para-hydroxylation sites is 1. The third kappa shape index (κ3) is 3.92. The van der Waals surface area contributed by atoms with Gasteiger partial charge in [-0.05, 0) is 25.1 Å². The lowest BCUT2D eigenvalue weighted by Gasteiger charge is -2.29. The summed E-state index contributed by atoms with van der Waals surface area (Å²) in [5.74, 6) is -2.67. The topological polar surface area (TPSA) is 77.0 Å². The molecule has 21 heavy (non-hydrogen) atoms. The van der Waals surface area contributed by atoms with Crippen LogP contribution in [0.15, 0.2) is 47.1 Å². The summed E-state index contributed by atoms with van der Waals surface area (Å²) in [6.45, 7) is 4.65. The van der Waals surface area contributed by atoms with Gasteiger partial charge in [0.25, 0.3) is 5.79 Å². The molecule has 2 rings (SSSR count). The van der Waals surface area contributed by atoms with Crippen LogP contribution < -0.4 is 5.43 Å². The normalized spacial score (nSPS) is 17.9. The molecule has 1 N–H and O–H groups in total. The minimum Gasteiger partial charge on any atom is -0.419 e. The van der Waals surface area contributed by atoms with Gasteiger partial charge in [-0.1, -0.05) is 18.2 Å². The molecule has 110 valence electrons. The van der Waals surface area contributed by atoms with Gasteiger partial charge in [0.2, 0.25) is 0 Å². The minimum atomic E-state index is -1.24. The van der Waals surface area contributed by atoms with Gasteiger partial charge in [0.1, 0.15) is 5.57 Å². The van der Waals surface area contributed by atoms with Crippen molar-refractivity contribution in [3.8, 4) is 0 Å². The summed E-state index contributed by atoms with van der Waals surface area (Å²) in [5.41, 5.74) is 3.89. The van der Waals surface area contributed by atoms with E-state index < -0.39 is 17.7 Å². The molecule has 0 aliphatic carbocycles. The van der Waals surface area contributed by atoms with Crippen molar-refractivity contribution in [3.63, 3.8) is 0 Å². The van der Waals surface area contributed by atoms with Crippen molar-refractivity contribution in [3.05, 3.63) is 42.0 Å². The van der Waals surface area contributed by atoms with E-state index in [9.17, 15) is 9.59 Å². The van der Waals surface area contributed by atoms with E-state index >= 15 is 0 Å². The lowest BCUT2D eigenvalue weighted by molar-refractivity contribution is -0.222. The molecule has 0 unspecified atom stereocenters. The van der Waals surface area contributed by atoms with Gasteiger partial charge < -0.3 is 9.47 Å². The molecule has 0 amide bonds. The molecule has 1 heterocycles. The van der Waals surface area contributed by atoms with E-state index in [1.165, 1.54) is 19.9 Å². The van der Waals surface area contributed by atoms with E-state index in [0.29, 0.717) is 5.71 Å². The van der Waals surface area contributed by atoms with Crippen LogP contribution in [0, 0.1) is 0 Å². The minimum absolute atomic E-state index is 0.176. The molecule has 0 radical (unpaired) electrons. The Hall–Kier alpha value is -2.63. The first-order valence-electron chi connectivity index (χ1n) is 6.41. The van der Waals surface area contributed by atoms with E-state index in [-0.39, 0.29) is 5.57 Å². The van der Waals surface area contributed by atoms with E-state index in [2.05, 4.69) is 10.5 Å². The van der Waals surface area contributed by atoms with Crippen LogP contribution >= 0.6 is 0 Å². The highest BCUT2D eigenvalue weighted by molar-refractivity contribution is 6.19. The van der Waals surface area contributed by atoms with Gasteiger partial charge in [-0.3, -0.25) is 5.43 Å². The Kier molecular flexibility index (Phi) is 4.07. The van der Waals surface area contributed by atoms with Gasteiger partial charge in [-0.15, -0.1) is 0 Å². The van der Waals surface area contributed by atoms with Crippen LogP contribution in [0.3, 0.4) is 0 Å². The second-order valence-corrected chi connectivity index (χ2v) is 4.97. The molecular weight excluding hydrogens is 272 g/mol. The molecule has 0 spiro atoms. The molecule has 0 aromatic heterocycles. The molecule has 1 fully saturated rings. The van der Waals surface area contributed by atoms with E-state index in [1.807, 2.05) is 30.3 Å². The monoisotopic (exact) mass is 288 g/mol. The maximum atomic E-state index is 11.8. The summed E-state index contributed by atoms with van der Waals surface area (Å²) in [4.78, 5) is 23.5. The predicted octanol–water partition coefficient (Wildman–Crippen LogP) is 2.24. The van der Waals surface area contributed by atoms with Gasteiger partial charge in [0.15, 0.2) is 0 Å². The second kappa shape index (κ2) is 5.78. The Morgan fingerprint density at radius 1 is 1.14 bits per heavy atom. The average molecular weight is 288 g/mol. The standard InChI is InChI=1S/C15H16N2O4/c1-10(16-17-11-7-5-4-6-8-11)9-12-13(18)20-15(2,3)21-14(12)19/h4-9,17H,1-3H3/b16-10+. The summed E-state index contributed by atoms with van der Waals surface area (Å²) in [6.07, 6.45) is 1.33. The number of nitrogens with zero attached hydrogens (tertiary/aromatic N) is 1. The molecule has 6 heteroatoms. The Balaban J connectivity index is 2.11. The van der Waals surface area contributed by atoms with Gasteiger partial charge in [-0.2, -0.15) is 5.10 Å². The highest BCUT2D eigenvalue weighted by atomic mass is 16.7. The smallest absolute Gasteiger partial charge is 0.348 e. The third-order valence-corrected chi connectivity index (χ3v) is 2.61. The molecule has 1 aromatic rings. The van der Waals surface area contributed by atoms with Crippen LogP contribution in [0.5, 0.6) is 0 Å². The van der Waals surface area contributed by atoms with Gasteiger partial charge in [-0.25, -0.2) is 9.59 Å². The van der Waals surface area contributed by atoms with Crippen LogP contribution in [-0.2, 0) is 19.1 Å². The Morgan fingerprint density at radius 2 is 1.71 bits per heavy atom. The number of hydrazone groups is 1. The maximum absolute atomic E-state index is 11.8. The van der Waals surface area contributed by atoms with Crippen LogP contribution in [0.1, 0.15) is 20.8 Å². The van der Waals surface area contributed by atoms with Crippen LogP contribution in [-0.4, -0.2) is 23.4 Å². The summed E-state index contributed by atoms with van der Waals surface area (Å²) in [6, 6.07) is 9.30. The quantitative estimate of drug-likeness (QED) is 0.303. The number of esters is 2. The first-order valence-corrected chi connectivity index (χ1v) is 6.41. The molecule has 0 bridgehead atoms.